The average Bonchev–Trinajstić information content (AvgIpc) is 3.09. The van der Waals surface area contributed by atoms with E-state index in [1.807, 2.05) is 36.4 Å². The van der Waals surface area contributed by atoms with Crippen LogP contribution in [0.5, 0.6) is 0 Å². The lowest BCUT2D eigenvalue weighted by molar-refractivity contribution is -0.130. The largest absolute Gasteiger partial charge is 0.347 e. The van der Waals surface area contributed by atoms with E-state index < -0.39 is 6.04 Å². The van der Waals surface area contributed by atoms with E-state index in [2.05, 4.69) is 15.5 Å². The summed E-state index contributed by atoms with van der Waals surface area (Å²) in [6.07, 6.45) is 2.10. The molecule has 6 nitrogen and oxygen atoms in total. The van der Waals surface area contributed by atoms with Crippen molar-refractivity contribution in [3.63, 3.8) is 0 Å². The number of aromatic nitrogens is 2. The van der Waals surface area contributed by atoms with E-state index in [1.54, 1.807) is 32.4 Å². The first-order valence-electron chi connectivity index (χ1n) is 8.04. The molecule has 2 aromatic carbocycles. The third-order valence-electron chi connectivity index (χ3n) is 4.05. The van der Waals surface area contributed by atoms with Crippen LogP contribution in [0.2, 0.25) is 0 Å². The molecule has 1 heterocycles. The summed E-state index contributed by atoms with van der Waals surface area (Å²) in [4.78, 5) is 26.8. The van der Waals surface area contributed by atoms with Gasteiger partial charge in [0.25, 0.3) is 5.91 Å². The Bertz CT molecular complexity index is 887. The zero-order chi connectivity index (χ0) is 17.8. The second-order valence-corrected chi connectivity index (χ2v) is 6.09. The number of fused-ring (bicyclic) bond motifs is 1. The van der Waals surface area contributed by atoms with Crippen LogP contribution in [0.25, 0.3) is 10.9 Å². The molecule has 3 rings (SSSR count). The quantitative estimate of drug-likeness (QED) is 0.748. The van der Waals surface area contributed by atoms with Crippen molar-refractivity contribution < 1.29 is 9.59 Å². The minimum atomic E-state index is -0.636. The minimum Gasteiger partial charge on any atom is -0.347 e. The van der Waals surface area contributed by atoms with Gasteiger partial charge in [0.2, 0.25) is 5.91 Å². The normalized spacial score (nSPS) is 11.9. The molecule has 0 spiro atoms. The molecule has 6 heteroatoms. The Kier molecular flexibility index (Phi) is 4.79. The fraction of sp³-hybridized carbons (Fsp3) is 0.211. The highest BCUT2D eigenvalue weighted by Gasteiger charge is 2.24. The number of nitrogens with zero attached hydrogens (tertiary/aromatic N) is 2. The number of amides is 2. The first-order chi connectivity index (χ1) is 12.1. The number of likely N-dealkylation sites (N-methyl/N-ethyl adjacent to an activating group) is 1. The van der Waals surface area contributed by atoms with Crippen LogP contribution in [0.4, 0.5) is 0 Å². The van der Waals surface area contributed by atoms with E-state index in [4.69, 9.17) is 0 Å². The van der Waals surface area contributed by atoms with Crippen molar-refractivity contribution in [1.29, 1.82) is 0 Å². The predicted molar refractivity (Wildman–Crippen MR) is 96.2 cm³/mol. The lowest BCUT2D eigenvalue weighted by atomic mass is 10.0. The Hall–Kier alpha value is -3.15. The number of hydrogen-bond acceptors (Lipinski definition) is 3. The summed E-state index contributed by atoms with van der Waals surface area (Å²) in [6, 6.07) is 14.4. The highest BCUT2D eigenvalue weighted by molar-refractivity contribution is 6.06. The van der Waals surface area contributed by atoms with Crippen LogP contribution in [0.3, 0.4) is 0 Å². The highest BCUT2D eigenvalue weighted by atomic mass is 16.2. The summed E-state index contributed by atoms with van der Waals surface area (Å²) in [5.41, 5.74) is 2.12. The highest BCUT2D eigenvalue weighted by Crippen LogP contribution is 2.16. The molecule has 3 aromatic rings. The van der Waals surface area contributed by atoms with E-state index in [-0.39, 0.29) is 11.8 Å². The van der Waals surface area contributed by atoms with Gasteiger partial charge in [-0.25, -0.2) is 0 Å². The van der Waals surface area contributed by atoms with Crippen LogP contribution in [-0.4, -0.2) is 47.0 Å². The molecule has 25 heavy (non-hydrogen) atoms. The summed E-state index contributed by atoms with van der Waals surface area (Å²) >= 11 is 0. The van der Waals surface area contributed by atoms with E-state index in [1.165, 1.54) is 4.90 Å². The Balaban J connectivity index is 1.85. The average molecular weight is 336 g/mol. The molecule has 1 atom stereocenters. The first-order valence-corrected chi connectivity index (χ1v) is 8.04. The van der Waals surface area contributed by atoms with Crippen LogP contribution in [0.15, 0.2) is 54.7 Å². The zero-order valence-electron chi connectivity index (χ0n) is 14.2. The number of para-hydroxylation sites is 1. The van der Waals surface area contributed by atoms with Gasteiger partial charge in [-0.15, -0.1) is 0 Å². The molecule has 0 aliphatic carbocycles. The molecule has 0 aliphatic rings. The van der Waals surface area contributed by atoms with Gasteiger partial charge in [-0.2, -0.15) is 5.10 Å². The lowest BCUT2D eigenvalue weighted by Crippen LogP contribution is -2.47. The molecule has 0 saturated heterocycles. The number of nitrogens with one attached hydrogen (secondary N) is 2. The smallest absolute Gasteiger partial charge is 0.254 e. The maximum Gasteiger partial charge on any atom is 0.254 e. The van der Waals surface area contributed by atoms with Crippen LogP contribution >= 0.6 is 0 Å². The van der Waals surface area contributed by atoms with Gasteiger partial charge in [0.05, 0.1) is 17.3 Å². The standard InChI is InChI=1S/C19H20N4O2/c1-23(2)19(25)16(11-13-7-4-3-5-8-13)21-18(24)15-10-6-9-14-12-20-22-17(14)15/h3-10,12,16H,11H2,1-2H3,(H,20,22)(H,21,24)/t16-/m0/s1. The topological polar surface area (TPSA) is 78.1 Å². The Morgan fingerprint density at radius 2 is 1.88 bits per heavy atom. The summed E-state index contributed by atoms with van der Waals surface area (Å²) in [6.45, 7) is 0. The van der Waals surface area contributed by atoms with Gasteiger partial charge < -0.3 is 10.2 Å². The molecule has 0 radical (unpaired) electrons. The Morgan fingerprint density at radius 1 is 1.12 bits per heavy atom. The number of carbonyl (C=O) groups is 2. The number of H-pyrrole nitrogens is 1. The Labute approximate surface area is 145 Å². The van der Waals surface area contributed by atoms with Crippen LogP contribution < -0.4 is 5.32 Å². The maximum absolute atomic E-state index is 12.8. The summed E-state index contributed by atoms with van der Waals surface area (Å²) in [5, 5.41) is 10.5. The van der Waals surface area contributed by atoms with Crippen LogP contribution in [-0.2, 0) is 11.2 Å². The van der Waals surface area contributed by atoms with Crippen LogP contribution in [0, 0.1) is 0 Å². The second-order valence-electron chi connectivity index (χ2n) is 6.09. The van der Waals surface area contributed by atoms with E-state index in [0.717, 1.165) is 10.9 Å². The van der Waals surface area contributed by atoms with E-state index >= 15 is 0 Å². The van der Waals surface area contributed by atoms with Crippen molar-refractivity contribution in [3.8, 4) is 0 Å². The third kappa shape index (κ3) is 3.68. The fourth-order valence-corrected chi connectivity index (χ4v) is 2.76. The Morgan fingerprint density at radius 3 is 2.60 bits per heavy atom. The molecular formula is C19H20N4O2. The fourth-order valence-electron chi connectivity index (χ4n) is 2.76. The van der Waals surface area contributed by atoms with E-state index in [0.29, 0.717) is 17.5 Å². The van der Waals surface area contributed by atoms with Crippen molar-refractivity contribution in [2.24, 2.45) is 0 Å². The van der Waals surface area contributed by atoms with Gasteiger partial charge in [0.1, 0.15) is 6.04 Å². The molecule has 2 amide bonds. The maximum atomic E-state index is 12.8. The molecule has 0 bridgehead atoms. The van der Waals surface area contributed by atoms with Gasteiger partial charge in [-0.1, -0.05) is 42.5 Å². The monoisotopic (exact) mass is 336 g/mol. The number of benzene rings is 2. The van der Waals surface area contributed by atoms with Crippen molar-refractivity contribution >= 4 is 22.7 Å². The lowest BCUT2D eigenvalue weighted by Gasteiger charge is -2.22. The molecule has 0 saturated carbocycles. The van der Waals surface area contributed by atoms with Gasteiger partial charge in [0, 0.05) is 25.9 Å². The van der Waals surface area contributed by atoms with Gasteiger partial charge in [-0.3, -0.25) is 14.7 Å². The summed E-state index contributed by atoms with van der Waals surface area (Å²) in [5.74, 6) is -0.444. The first kappa shape index (κ1) is 16.7. The van der Waals surface area contributed by atoms with Crippen LogP contribution in [0.1, 0.15) is 15.9 Å². The molecule has 1 aromatic heterocycles. The number of hydrogen-bond donors (Lipinski definition) is 2. The molecule has 128 valence electrons. The number of aromatic amines is 1. The van der Waals surface area contributed by atoms with E-state index in [9.17, 15) is 9.59 Å². The third-order valence-corrected chi connectivity index (χ3v) is 4.05. The molecule has 0 fully saturated rings. The zero-order valence-corrected chi connectivity index (χ0v) is 14.2. The van der Waals surface area contributed by atoms with Gasteiger partial charge in [-0.05, 0) is 11.6 Å². The molecule has 0 unspecified atom stereocenters. The minimum absolute atomic E-state index is 0.144. The number of carbonyl (C=O) groups excluding carboxylic acids is 2. The van der Waals surface area contributed by atoms with Gasteiger partial charge in [0.15, 0.2) is 0 Å². The summed E-state index contributed by atoms with van der Waals surface area (Å²) < 4.78 is 0. The van der Waals surface area contributed by atoms with Crippen molar-refractivity contribution in [2.45, 2.75) is 12.5 Å². The molecule has 0 aliphatic heterocycles. The van der Waals surface area contributed by atoms with Crippen molar-refractivity contribution in [3.05, 3.63) is 65.9 Å². The number of rotatable bonds is 5. The summed E-state index contributed by atoms with van der Waals surface area (Å²) in [7, 11) is 3.37. The predicted octanol–water partition coefficient (Wildman–Crippen LogP) is 1.99. The second kappa shape index (κ2) is 7.17. The van der Waals surface area contributed by atoms with Gasteiger partial charge >= 0.3 is 0 Å². The SMILES string of the molecule is CN(C)C(=O)[C@H](Cc1ccccc1)NC(=O)c1cccc2cn[nH]c12. The van der Waals surface area contributed by atoms with Crippen molar-refractivity contribution in [1.82, 2.24) is 20.4 Å². The molecular weight excluding hydrogens is 316 g/mol. The molecule has 2 N–H and O–H groups in total. The van der Waals surface area contributed by atoms with Crippen molar-refractivity contribution in [2.75, 3.05) is 14.1 Å².